The van der Waals surface area contributed by atoms with Crippen LogP contribution in [-0.2, 0) is 16.3 Å². The number of nitrogens with zero attached hydrogens (tertiary/aromatic N) is 5. The molecule has 0 saturated heterocycles. The first kappa shape index (κ1) is 16.3. The summed E-state index contributed by atoms with van der Waals surface area (Å²) in [5.41, 5.74) is -1.67. The van der Waals surface area contributed by atoms with Gasteiger partial charge in [0.1, 0.15) is 5.69 Å². The third-order valence-electron chi connectivity index (χ3n) is 2.28. The van der Waals surface area contributed by atoms with Gasteiger partial charge in [0.05, 0.1) is 11.3 Å². The molecule has 0 radical (unpaired) electrons. The molecule has 114 valence electrons. The number of esters is 1. The summed E-state index contributed by atoms with van der Waals surface area (Å²) >= 11 is 0. The van der Waals surface area contributed by atoms with Gasteiger partial charge < -0.3 is 9.64 Å². The van der Waals surface area contributed by atoms with Crippen LogP contribution in [0.4, 0.5) is 11.6 Å². The standard InChI is InChI=1S/C11H15N5O5/c1-7-9(16(19)20)10(18)15(6-21-8(2)17)11(13-7)12-5-14(3)4/h5H,6H2,1-4H3. The Morgan fingerprint density at radius 3 is 2.67 bits per heavy atom. The van der Waals surface area contributed by atoms with Crippen LogP contribution < -0.4 is 5.56 Å². The molecule has 21 heavy (non-hydrogen) atoms. The van der Waals surface area contributed by atoms with Gasteiger partial charge in [-0.3, -0.25) is 19.7 Å². The summed E-state index contributed by atoms with van der Waals surface area (Å²) in [5, 5.41) is 10.9. The highest BCUT2D eigenvalue weighted by Crippen LogP contribution is 2.15. The van der Waals surface area contributed by atoms with E-state index in [2.05, 4.69) is 9.98 Å². The second kappa shape index (κ2) is 6.59. The van der Waals surface area contributed by atoms with Gasteiger partial charge in [-0.2, -0.15) is 0 Å². The number of carbonyl (C=O) groups is 1. The van der Waals surface area contributed by atoms with E-state index in [9.17, 15) is 19.7 Å². The lowest BCUT2D eigenvalue weighted by molar-refractivity contribution is -0.387. The van der Waals surface area contributed by atoms with Crippen LogP contribution >= 0.6 is 0 Å². The van der Waals surface area contributed by atoms with Gasteiger partial charge in [0.15, 0.2) is 6.73 Å². The first-order valence-corrected chi connectivity index (χ1v) is 5.83. The highest BCUT2D eigenvalue weighted by atomic mass is 16.6. The molecule has 0 unspecified atom stereocenters. The average Bonchev–Trinajstić information content (AvgIpc) is 2.34. The van der Waals surface area contributed by atoms with E-state index in [1.807, 2.05) is 0 Å². The van der Waals surface area contributed by atoms with Crippen molar-refractivity contribution in [1.82, 2.24) is 14.5 Å². The van der Waals surface area contributed by atoms with E-state index in [1.54, 1.807) is 19.0 Å². The average molecular weight is 297 g/mol. The van der Waals surface area contributed by atoms with Crippen molar-refractivity contribution in [3.05, 3.63) is 26.2 Å². The molecule has 1 heterocycles. The highest BCUT2D eigenvalue weighted by molar-refractivity contribution is 5.65. The molecule has 0 N–H and O–H groups in total. The van der Waals surface area contributed by atoms with Crippen LogP contribution in [0.5, 0.6) is 0 Å². The fourth-order valence-corrected chi connectivity index (χ4v) is 1.38. The lowest BCUT2D eigenvalue weighted by atomic mass is 10.4. The minimum Gasteiger partial charge on any atom is -0.444 e. The molecule has 10 nitrogen and oxygen atoms in total. The SMILES string of the molecule is CC(=O)OCn1c(N=CN(C)C)nc(C)c([N+](=O)[O-])c1=O. The van der Waals surface area contributed by atoms with Crippen LogP contribution in [0.2, 0.25) is 0 Å². The Morgan fingerprint density at radius 1 is 1.57 bits per heavy atom. The third kappa shape index (κ3) is 4.09. The molecule has 0 spiro atoms. The third-order valence-corrected chi connectivity index (χ3v) is 2.28. The van der Waals surface area contributed by atoms with E-state index in [1.165, 1.54) is 13.3 Å². The second-order valence-corrected chi connectivity index (χ2v) is 4.31. The predicted molar refractivity (Wildman–Crippen MR) is 73.5 cm³/mol. The van der Waals surface area contributed by atoms with E-state index in [0.29, 0.717) is 0 Å². The van der Waals surface area contributed by atoms with Gasteiger partial charge in [0.2, 0.25) is 5.95 Å². The van der Waals surface area contributed by atoms with Gasteiger partial charge in [-0.15, -0.1) is 0 Å². The molecule has 0 atom stereocenters. The summed E-state index contributed by atoms with van der Waals surface area (Å²) in [6.07, 6.45) is 1.37. The number of aromatic nitrogens is 2. The van der Waals surface area contributed by atoms with E-state index >= 15 is 0 Å². The molecule has 0 aliphatic rings. The number of rotatable bonds is 5. The topological polar surface area (TPSA) is 120 Å². The Kier molecular flexibility index (Phi) is 5.11. The van der Waals surface area contributed by atoms with Crippen LogP contribution in [0, 0.1) is 17.0 Å². The molecule has 0 aliphatic carbocycles. The predicted octanol–water partition coefficient (Wildman–Crippen LogP) is 0.202. The quantitative estimate of drug-likeness (QED) is 0.250. The van der Waals surface area contributed by atoms with Crippen molar-refractivity contribution in [3.8, 4) is 0 Å². The first-order valence-electron chi connectivity index (χ1n) is 5.83. The number of aliphatic imine (C=N–C) groups is 1. The van der Waals surface area contributed by atoms with Crippen molar-refractivity contribution in [2.45, 2.75) is 20.6 Å². The minimum atomic E-state index is -0.931. The van der Waals surface area contributed by atoms with Crippen molar-refractivity contribution < 1.29 is 14.5 Å². The second-order valence-electron chi connectivity index (χ2n) is 4.31. The van der Waals surface area contributed by atoms with Crippen molar-refractivity contribution in [1.29, 1.82) is 0 Å². The zero-order chi connectivity index (χ0) is 16.2. The number of hydrogen-bond acceptors (Lipinski definition) is 7. The fraction of sp³-hybridized carbons (Fsp3) is 0.455. The lowest BCUT2D eigenvalue weighted by Crippen LogP contribution is -2.27. The Hall–Kier alpha value is -2.78. The number of nitro groups is 1. The largest absolute Gasteiger partial charge is 0.444 e. The normalized spacial score (nSPS) is 10.7. The summed E-state index contributed by atoms with van der Waals surface area (Å²) in [6, 6.07) is 0. The molecule has 0 amide bonds. The number of carbonyl (C=O) groups excluding carboxylic acids is 1. The van der Waals surface area contributed by atoms with Crippen molar-refractivity contribution >= 4 is 23.9 Å². The van der Waals surface area contributed by atoms with Gasteiger partial charge in [0.25, 0.3) is 0 Å². The molecule has 10 heteroatoms. The van der Waals surface area contributed by atoms with Crippen LogP contribution in [0.1, 0.15) is 12.6 Å². The van der Waals surface area contributed by atoms with E-state index in [-0.39, 0.29) is 11.6 Å². The van der Waals surface area contributed by atoms with Gasteiger partial charge >= 0.3 is 17.2 Å². The Morgan fingerprint density at radius 2 is 2.19 bits per heavy atom. The maximum Gasteiger partial charge on any atom is 0.355 e. The monoisotopic (exact) mass is 297 g/mol. The molecular formula is C11H15N5O5. The molecule has 0 saturated carbocycles. The van der Waals surface area contributed by atoms with Crippen molar-refractivity contribution in [3.63, 3.8) is 0 Å². The molecule has 0 aromatic carbocycles. The van der Waals surface area contributed by atoms with Gasteiger partial charge in [0, 0.05) is 21.0 Å². The van der Waals surface area contributed by atoms with E-state index < -0.39 is 28.9 Å². The van der Waals surface area contributed by atoms with Crippen LogP contribution in [0.25, 0.3) is 0 Å². The molecule has 1 aromatic rings. The maximum absolute atomic E-state index is 12.1. The van der Waals surface area contributed by atoms with Gasteiger partial charge in [-0.25, -0.2) is 14.5 Å². The summed E-state index contributed by atoms with van der Waals surface area (Å²) in [6.45, 7) is 2.00. The smallest absolute Gasteiger partial charge is 0.355 e. The molecular weight excluding hydrogens is 282 g/mol. The zero-order valence-electron chi connectivity index (χ0n) is 12.1. The Balaban J connectivity index is 3.44. The molecule has 0 fully saturated rings. The minimum absolute atomic E-state index is 0.0602. The maximum atomic E-state index is 12.1. The van der Waals surface area contributed by atoms with E-state index in [4.69, 9.17) is 4.74 Å². The molecule has 1 aromatic heterocycles. The number of aryl methyl sites for hydroxylation is 1. The summed E-state index contributed by atoms with van der Waals surface area (Å²) < 4.78 is 5.53. The summed E-state index contributed by atoms with van der Waals surface area (Å²) in [7, 11) is 3.41. The number of hydrogen-bond donors (Lipinski definition) is 0. The Bertz CT molecular complexity index is 649. The van der Waals surface area contributed by atoms with Crippen LogP contribution in [0.15, 0.2) is 9.79 Å². The molecule has 0 bridgehead atoms. The summed E-state index contributed by atoms with van der Waals surface area (Å²) in [5.74, 6) is -0.717. The highest BCUT2D eigenvalue weighted by Gasteiger charge is 2.23. The summed E-state index contributed by atoms with van der Waals surface area (Å²) in [4.78, 5) is 42.5. The molecule has 1 rings (SSSR count). The van der Waals surface area contributed by atoms with Crippen LogP contribution in [0.3, 0.4) is 0 Å². The van der Waals surface area contributed by atoms with Crippen LogP contribution in [-0.4, -0.2) is 45.8 Å². The van der Waals surface area contributed by atoms with Gasteiger partial charge in [-0.05, 0) is 6.92 Å². The van der Waals surface area contributed by atoms with Gasteiger partial charge in [-0.1, -0.05) is 0 Å². The number of ether oxygens (including phenoxy) is 1. The Labute approximate surface area is 119 Å². The van der Waals surface area contributed by atoms with Crippen molar-refractivity contribution in [2.24, 2.45) is 4.99 Å². The zero-order valence-corrected chi connectivity index (χ0v) is 12.1. The van der Waals surface area contributed by atoms with Crippen molar-refractivity contribution in [2.75, 3.05) is 14.1 Å². The lowest BCUT2D eigenvalue weighted by Gasteiger charge is -2.10. The fourth-order valence-electron chi connectivity index (χ4n) is 1.38. The molecule has 0 aliphatic heterocycles. The van der Waals surface area contributed by atoms with E-state index in [0.717, 1.165) is 11.5 Å². The first-order chi connectivity index (χ1) is 9.73.